The largest absolute Gasteiger partial charge is 0.419 e. The molecule has 2 fully saturated rings. The number of benzene rings is 1. The number of nitrogens with zero attached hydrogens (tertiary/aromatic N) is 5. The SMILES string of the molecule is Cc1cc(C(=O)N2CC3(CC(c4nnc(-c5ccccc5)o4)N(C)C3)C2)no1. The molecule has 8 nitrogen and oxygen atoms in total. The van der Waals surface area contributed by atoms with E-state index in [0.29, 0.717) is 36.3 Å². The minimum absolute atomic E-state index is 0.0647. The summed E-state index contributed by atoms with van der Waals surface area (Å²) in [4.78, 5) is 16.6. The van der Waals surface area contributed by atoms with Gasteiger partial charge in [-0.3, -0.25) is 9.69 Å². The Morgan fingerprint density at radius 3 is 2.68 bits per heavy atom. The Bertz CT molecular complexity index is 1010. The smallest absolute Gasteiger partial charge is 0.276 e. The van der Waals surface area contributed by atoms with Crippen molar-refractivity contribution < 1.29 is 13.7 Å². The summed E-state index contributed by atoms with van der Waals surface area (Å²) in [6.45, 7) is 4.09. The van der Waals surface area contributed by atoms with Crippen LogP contribution in [0.3, 0.4) is 0 Å². The van der Waals surface area contributed by atoms with Crippen molar-refractivity contribution in [3.63, 3.8) is 0 Å². The molecule has 2 saturated heterocycles. The third-order valence-corrected chi connectivity index (χ3v) is 5.68. The summed E-state index contributed by atoms with van der Waals surface area (Å²) >= 11 is 0. The molecule has 2 aromatic heterocycles. The van der Waals surface area contributed by atoms with Crippen LogP contribution in [0.4, 0.5) is 0 Å². The maximum absolute atomic E-state index is 12.5. The molecule has 144 valence electrons. The van der Waals surface area contributed by atoms with Crippen molar-refractivity contribution in [1.29, 1.82) is 0 Å². The average molecular weight is 379 g/mol. The van der Waals surface area contributed by atoms with E-state index < -0.39 is 0 Å². The molecule has 0 aliphatic carbocycles. The fraction of sp³-hybridized carbons (Fsp3) is 0.400. The molecule has 0 saturated carbocycles. The normalized spacial score (nSPS) is 21.2. The molecule has 1 amide bonds. The lowest BCUT2D eigenvalue weighted by Crippen LogP contribution is -2.59. The van der Waals surface area contributed by atoms with Crippen molar-refractivity contribution in [2.45, 2.75) is 19.4 Å². The molecule has 0 radical (unpaired) electrons. The number of aryl methyl sites for hydroxylation is 1. The third kappa shape index (κ3) is 2.80. The van der Waals surface area contributed by atoms with Crippen LogP contribution in [0.15, 0.2) is 45.3 Å². The lowest BCUT2D eigenvalue weighted by atomic mass is 9.77. The molecule has 1 spiro atoms. The molecule has 28 heavy (non-hydrogen) atoms. The molecule has 1 unspecified atom stereocenters. The van der Waals surface area contributed by atoms with Crippen molar-refractivity contribution in [3.8, 4) is 11.5 Å². The number of carbonyl (C=O) groups is 1. The Balaban J connectivity index is 1.28. The predicted octanol–water partition coefficient (Wildman–Crippen LogP) is 2.55. The van der Waals surface area contributed by atoms with Crippen LogP contribution in [-0.4, -0.2) is 57.7 Å². The molecule has 5 rings (SSSR count). The summed E-state index contributed by atoms with van der Waals surface area (Å²) < 4.78 is 11.0. The van der Waals surface area contributed by atoms with Gasteiger partial charge in [-0.05, 0) is 32.5 Å². The Kier molecular flexibility index (Phi) is 3.83. The number of likely N-dealkylation sites (tertiary alicyclic amines) is 2. The molecule has 0 N–H and O–H groups in total. The molecule has 0 bridgehead atoms. The van der Waals surface area contributed by atoms with Crippen molar-refractivity contribution in [1.82, 2.24) is 25.2 Å². The molecular formula is C20H21N5O3. The van der Waals surface area contributed by atoms with Crippen molar-refractivity contribution >= 4 is 5.91 Å². The number of hydrogen-bond donors (Lipinski definition) is 0. The van der Waals surface area contributed by atoms with E-state index in [1.165, 1.54) is 0 Å². The van der Waals surface area contributed by atoms with Crippen molar-refractivity contribution in [3.05, 3.63) is 53.7 Å². The van der Waals surface area contributed by atoms with Crippen LogP contribution in [0.25, 0.3) is 11.5 Å². The van der Waals surface area contributed by atoms with E-state index in [0.717, 1.165) is 18.5 Å². The quantitative estimate of drug-likeness (QED) is 0.691. The lowest BCUT2D eigenvalue weighted by molar-refractivity contribution is 0.0107. The fourth-order valence-electron chi connectivity index (χ4n) is 4.38. The average Bonchev–Trinajstić information content (AvgIpc) is 3.39. The minimum atomic E-state index is -0.0715. The van der Waals surface area contributed by atoms with Gasteiger partial charge in [-0.2, -0.15) is 0 Å². The van der Waals surface area contributed by atoms with Gasteiger partial charge in [0.25, 0.3) is 5.91 Å². The minimum Gasteiger partial charge on any atom is -0.419 e. The maximum Gasteiger partial charge on any atom is 0.276 e. The van der Waals surface area contributed by atoms with Gasteiger partial charge >= 0.3 is 0 Å². The van der Waals surface area contributed by atoms with Gasteiger partial charge < -0.3 is 13.8 Å². The highest BCUT2D eigenvalue weighted by atomic mass is 16.5. The van der Waals surface area contributed by atoms with Gasteiger partial charge in [0.15, 0.2) is 5.69 Å². The van der Waals surface area contributed by atoms with Crippen LogP contribution >= 0.6 is 0 Å². The molecule has 8 heteroatoms. The summed E-state index contributed by atoms with van der Waals surface area (Å²) in [7, 11) is 2.07. The van der Waals surface area contributed by atoms with Crippen LogP contribution in [-0.2, 0) is 0 Å². The number of carbonyl (C=O) groups excluding carboxylic acids is 1. The summed E-state index contributed by atoms with van der Waals surface area (Å²) in [6.07, 6.45) is 0.890. The summed E-state index contributed by atoms with van der Waals surface area (Å²) in [5.41, 5.74) is 1.36. The highest BCUT2D eigenvalue weighted by Crippen LogP contribution is 2.47. The van der Waals surface area contributed by atoms with Crippen LogP contribution in [0.1, 0.15) is 34.6 Å². The second kappa shape index (κ2) is 6.27. The van der Waals surface area contributed by atoms with E-state index in [1.807, 2.05) is 35.2 Å². The van der Waals surface area contributed by atoms with E-state index in [4.69, 9.17) is 8.94 Å². The monoisotopic (exact) mass is 379 g/mol. The van der Waals surface area contributed by atoms with Gasteiger partial charge in [-0.25, -0.2) is 0 Å². The highest BCUT2D eigenvalue weighted by Gasteiger charge is 2.53. The van der Waals surface area contributed by atoms with Gasteiger partial charge in [0.05, 0.1) is 6.04 Å². The van der Waals surface area contributed by atoms with E-state index in [9.17, 15) is 4.79 Å². The topological polar surface area (TPSA) is 88.5 Å². The molecule has 1 aromatic carbocycles. The van der Waals surface area contributed by atoms with Crippen molar-refractivity contribution in [2.24, 2.45) is 5.41 Å². The van der Waals surface area contributed by atoms with Crippen LogP contribution < -0.4 is 0 Å². The first-order chi connectivity index (χ1) is 13.5. The number of rotatable bonds is 3. The van der Waals surface area contributed by atoms with Gasteiger partial charge in [0.1, 0.15) is 5.76 Å². The van der Waals surface area contributed by atoms with Gasteiger partial charge in [-0.1, -0.05) is 23.4 Å². The summed E-state index contributed by atoms with van der Waals surface area (Å²) in [5, 5.41) is 12.3. The van der Waals surface area contributed by atoms with Crippen LogP contribution in [0, 0.1) is 12.3 Å². The van der Waals surface area contributed by atoms with Gasteiger partial charge in [0, 0.05) is 36.7 Å². The predicted molar refractivity (Wildman–Crippen MR) is 99.3 cm³/mol. The second-order valence-corrected chi connectivity index (χ2v) is 7.93. The zero-order valence-electron chi connectivity index (χ0n) is 15.8. The lowest BCUT2D eigenvalue weighted by Gasteiger charge is -2.47. The Hall–Kier alpha value is -3.00. The maximum atomic E-state index is 12.5. The number of amides is 1. The third-order valence-electron chi connectivity index (χ3n) is 5.68. The van der Waals surface area contributed by atoms with E-state index >= 15 is 0 Å². The first-order valence-corrected chi connectivity index (χ1v) is 9.35. The van der Waals surface area contributed by atoms with Crippen molar-refractivity contribution in [2.75, 3.05) is 26.7 Å². The molecule has 2 aliphatic rings. The van der Waals surface area contributed by atoms with Gasteiger partial charge in [-0.15, -0.1) is 10.2 Å². The van der Waals surface area contributed by atoms with E-state index in [1.54, 1.807) is 13.0 Å². The highest BCUT2D eigenvalue weighted by molar-refractivity contribution is 5.92. The Labute approximate surface area is 162 Å². The standard InChI is InChI=1S/C20H21N5O3/c1-13-8-15(23-28-13)19(26)25-11-20(12-25)9-16(24(2)10-20)18-22-21-17(27-18)14-6-4-3-5-7-14/h3-8,16H,9-12H2,1-2H3. The zero-order chi connectivity index (χ0) is 19.3. The molecule has 2 aliphatic heterocycles. The van der Waals surface area contributed by atoms with Crippen LogP contribution in [0.2, 0.25) is 0 Å². The number of aromatic nitrogens is 3. The summed E-state index contributed by atoms with van der Waals surface area (Å²) in [5.74, 6) is 1.74. The van der Waals surface area contributed by atoms with E-state index in [-0.39, 0.29) is 17.4 Å². The van der Waals surface area contributed by atoms with Crippen LogP contribution in [0.5, 0.6) is 0 Å². The fourth-order valence-corrected chi connectivity index (χ4v) is 4.38. The molecule has 3 aromatic rings. The second-order valence-electron chi connectivity index (χ2n) is 7.93. The number of hydrogen-bond acceptors (Lipinski definition) is 7. The molecule has 1 atom stereocenters. The first kappa shape index (κ1) is 17.1. The Morgan fingerprint density at radius 1 is 1.18 bits per heavy atom. The zero-order valence-corrected chi connectivity index (χ0v) is 15.8. The van der Waals surface area contributed by atoms with E-state index in [2.05, 4.69) is 27.3 Å². The van der Waals surface area contributed by atoms with Gasteiger partial charge in [0.2, 0.25) is 11.8 Å². The first-order valence-electron chi connectivity index (χ1n) is 9.35. The Morgan fingerprint density at radius 2 is 1.96 bits per heavy atom. The molecule has 4 heterocycles. The summed E-state index contributed by atoms with van der Waals surface area (Å²) in [6, 6.07) is 11.5. The molecular weight excluding hydrogens is 358 g/mol.